The number of fused-ring (bicyclic) bond motifs is 1. The van der Waals surface area contributed by atoms with Crippen molar-refractivity contribution in [2.24, 2.45) is 0 Å². The lowest BCUT2D eigenvalue weighted by molar-refractivity contribution is 0.0786. The minimum absolute atomic E-state index is 0.177. The Bertz CT molecular complexity index is 1260. The Kier molecular flexibility index (Phi) is 4.67. The number of amides is 1. The first-order valence-corrected chi connectivity index (χ1v) is 9.55. The van der Waals surface area contributed by atoms with Crippen LogP contribution in [0.2, 0.25) is 0 Å². The van der Waals surface area contributed by atoms with E-state index in [0.29, 0.717) is 28.7 Å². The fraction of sp³-hybridized carbons (Fsp3) is 0.0952. The Hall–Kier alpha value is -3.45. The molecule has 0 aliphatic carbocycles. The maximum atomic E-state index is 12.8. The second kappa shape index (κ2) is 7.28. The molecule has 0 atom stereocenters. The summed E-state index contributed by atoms with van der Waals surface area (Å²) in [5.74, 6) is -0.177. The van der Waals surface area contributed by atoms with Crippen LogP contribution >= 0.6 is 11.3 Å². The summed E-state index contributed by atoms with van der Waals surface area (Å²) in [6, 6.07) is 17.4. The number of benzene rings is 2. The van der Waals surface area contributed by atoms with Gasteiger partial charge in [-0.2, -0.15) is 0 Å². The lowest BCUT2D eigenvalue weighted by Crippen LogP contribution is -2.33. The molecule has 1 N–H and O–H groups in total. The van der Waals surface area contributed by atoms with Crippen LogP contribution in [0.5, 0.6) is 0 Å². The molecule has 0 spiro atoms. The van der Waals surface area contributed by atoms with Crippen LogP contribution in [-0.4, -0.2) is 27.4 Å². The molecule has 4 rings (SSSR count). The summed E-state index contributed by atoms with van der Waals surface area (Å²) in [4.78, 5) is 43.5. The van der Waals surface area contributed by atoms with Crippen molar-refractivity contribution >= 4 is 28.1 Å². The fourth-order valence-electron chi connectivity index (χ4n) is 3.09. The van der Waals surface area contributed by atoms with Crippen LogP contribution in [0, 0.1) is 0 Å². The molecule has 0 aliphatic heterocycles. The highest BCUT2D eigenvalue weighted by Gasteiger charge is 2.15. The number of rotatable bonds is 4. The van der Waals surface area contributed by atoms with Gasteiger partial charge in [0.05, 0.1) is 23.1 Å². The Morgan fingerprint density at radius 1 is 1.07 bits per heavy atom. The molecule has 2 aromatic heterocycles. The number of hydrogen-bond acceptors (Lipinski definition) is 4. The van der Waals surface area contributed by atoms with Gasteiger partial charge in [0.2, 0.25) is 0 Å². The van der Waals surface area contributed by atoms with Crippen molar-refractivity contribution in [2.75, 3.05) is 7.05 Å². The van der Waals surface area contributed by atoms with Crippen molar-refractivity contribution < 1.29 is 4.79 Å². The van der Waals surface area contributed by atoms with Gasteiger partial charge in [-0.25, -0.2) is 9.36 Å². The molecule has 0 saturated carbocycles. The van der Waals surface area contributed by atoms with E-state index in [9.17, 15) is 14.4 Å². The van der Waals surface area contributed by atoms with Gasteiger partial charge in [0.1, 0.15) is 0 Å². The van der Waals surface area contributed by atoms with E-state index in [0.717, 1.165) is 9.44 Å². The maximum Gasteiger partial charge on any atom is 0.333 e. The van der Waals surface area contributed by atoms with Gasteiger partial charge in [-0.1, -0.05) is 24.3 Å². The van der Waals surface area contributed by atoms with Gasteiger partial charge in [0.15, 0.2) is 0 Å². The summed E-state index contributed by atoms with van der Waals surface area (Å²) in [6.45, 7) is 0.501. The largest absolute Gasteiger partial charge is 0.337 e. The third kappa shape index (κ3) is 3.27. The number of aromatic amines is 1. The van der Waals surface area contributed by atoms with Crippen molar-refractivity contribution in [1.82, 2.24) is 14.5 Å². The van der Waals surface area contributed by atoms with E-state index in [-0.39, 0.29) is 5.91 Å². The highest BCUT2D eigenvalue weighted by atomic mass is 32.1. The van der Waals surface area contributed by atoms with Crippen molar-refractivity contribution in [3.8, 4) is 5.69 Å². The van der Waals surface area contributed by atoms with Crippen LogP contribution in [0.25, 0.3) is 16.6 Å². The van der Waals surface area contributed by atoms with Gasteiger partial charge in [-0.15, -0.1) is 11.3 Å². The van der Waals surface area contributed by atoms with Crippen molar-refractivity contribution in [2.45, 2.75) is 6.54 Å². The van der Waals surface area contributed by atoms with Crippen LogP contribution in [0.4, 0.5) is 0 Å². The standard InChI is InChI=1S/C21H17N3O3S/c1-23(13-16-8-5-11-28-16)19(25)14-9-10-17-18(12-14)22-21(27)24(20(17)26)15-6-3-2-4-7-15/h2-12H,13H2,1H3,(H,22,27). The highest BCUT2D eigenvalue weighted by Crippen LogP contribution is 2.15. The number of H-pyrrole nitrogens is 1. The van der Waals surface area contributed by atoms with Crippen molar-refractivity contribution in [3.05, 3.63) is 97.3 Å². The molecule has 28 heavy (non-hydrogen) atoms. The molecule has 0 saturated heterocycles. The summed E-state index contributed by atoms with van der Waals surface area (Å²) in [5.41, 5.74) is 0.291. The smallest absolute Gasteiger partial charge is 0.333 e. The predicted molar refractivity (Wildman–Crippen MR) is 110 cm³/mol. The summed E-state index contributed by atoms with van der Waals surface area (Å²) >= 11 is 1.58. The zero-order valence-corrected chi connectivity index (χ0v) is 15.9. The summed E-state index contributed by atoms with van der Waals surface area (Å²) in [5, 5.41) is 2.31. The van der Waals surface area contributed by atoms with Crippen LogP contribution in [0.3, 0.4) is 0 Å². The molecular formula is C21H17N3O3S. The third-order valence-corrected chi connectivity index (χ3v) is 5.34. The third-order valence-electron chi connectivity index (χ3n) is 4.48. The van der Waals surface area contributed by atoms with E-state index < -0.39 is 11.2 Å². The van der Waals surface area contributed by atoms with Gasteiger partial charge in [-0.05, 0) is 41.8 Å². The van der Waals surface area contributed by atoms with E-state index in [1.54, 1.807) is 65.7 Å². The van der Waals surface area contributed by atoms with Crippen molar-refractivity contribution in [3.63, 3.8) is 0 Å². The van der Waals surface area contributed by atoms with Crippen LogP contribution < -0.4 is 11.2 Å². The Labute approximate surface area is 164 Å². The molecule has 6 nitrogen and oxygen atoms in total. The molecule has 4 aromatic rings. The molecule has 0 aliphatic rings. The lowest BCUT2D eigenvalue weighted by atomic mass is 10.1. The first-order valence-electron chi connectivity index (χ1n) is 8.67. The first-order chi connectivity index (χ1) is 13.5. The quantitative estimate of drug-likeness (QED) is 0.581. The maximum absolute atomic E-state index is 12.8. The monoisotopic (exact) mass is 391 g/mol. The zero-order valence-electron chi connectivity index (χ0n) is 15.1. The van der Waals surface area contributed by atoms with E-state index in [4.69, 9.17) is 0 Å². The molecule has 2 aromatic carbocycles. The summed E-state index contributed by atoms with van der Waals surface area (Å²) in [7, 11) is 1.72. The highest BCUT2D eigenvalue weighted by molar-refractivity contribution is 7.09. The minimum Gasteiger partial charge on any atom is -0.337 e. The van der Waals surface area contributed by atoms with Gasteiger partial charge < -0.3 is 9.88 Å². The van der Waals surface area contributed by atoms with E-state index in [2.05, 4.69) is 4.98 Å². The number of carbonyl (C=O) groups excluding carboxylic acids is 1. The number of aromatic nitrogens is 2. The normalized spacial score (nSPS) is 10.9. The molecule has 0 unspecified atom stereocenters. The SMILES string of the molecule is CN(Cc1cccs1)C(=O)c1ccc2c(=O)n(-c3ccccc3)c(=O)[nH]c2c1. The minimum atomic E-state index is -0.541. The van der Waals surface area contributed by atoms with E-state index in [1.807, 2.05) is 23.6 Å². The Morgan fingerprint density at radius 3 is 2.57 bits per heavy atom. The molecule has 0 fully saturated rings. The molecule has 1 amide bonds. The second-order valence-corrected chi connectivity index (χ2v) is 7.44. The molecule has 140 valence electrons. The number of para-hydroxylation sites is 1. The summed E-state index contributed by atoms with van der Waals surface area (Å²) in [6.07, 6.45) is 0. The molecule has 7 heteroatoms. The molecule has 2 heterocycles. The number of carbonyl (C=O) groups is 1. The molecular weight excluding hydrogens is 374 g/mol. The first kappa shape index (κ1) is 17.9. The van der Waals surface area contributed by atoms with E-state index >= 15 is 0 Å². The van der Waals surface area contributed by atoms with E-state index in [1.165, 1.54) is 0 Å². The fourth-order valence-corrected chi connectivity index (χ4v) is 3.85. The Balaban J connectivity index is 1.73. The van der Waals surface area contributed by atoms with Crippen molar-refractivity contribution in [1.29, 1.82) is 0 Å². The summed E-state index contributed by atoms with van der Waals surface area (Å²) < 4.78 is 1.09. The molecule has 0 bridgehead atoms. The average Bonchev–Trinajstić information content (AvgIpc) is 3.20. The second-order valence-electron chi connectivity index (χ2n) is 6.41. The predicted octanol–water partition coefficient (Wildman–Crippen LogP) is 3.01. The topological polar surface area (TPSA) is 75.2 Å². The number of nitrogens with one attached hydrogen (secondary N) is 1. The van der Waals surface area contributed by atoms with Gasteiger partial charge in [-0.3, -0.25) is 9.59 Å². The van der Waals surface area contributed by atoms with Gasteiger partial charge in [0, 0.05) is 17.5 Å². The zero-order chi connectivity index (χ0) is 19.7. The number of thiophene rings is 1. The Morgan fingerprint density at radius 2 is 1.86 bits per heavy atom. The lowest BCUT2D eigenvalue weighted by Gasteiger charge is -2.16. The van der Waals surface area contributed by atoms with Crippen LogP contribution in [-0.2, 0) is 6.54 Å². The number of hydrogen-bond donors (Lipinski definition) is 1. The number of nitrogens with zero attached hydrogens (tertiary/aromatic N) is 2. The van der Waals surface area contributed by atoms with Crippen LogP contribution in [0.15, 0.2) is 75.6 Å². The average molecular weight is 391 g/mol. The van der Waals surface area contributed by atoms with Gasteiger partial charge in [0.25, 0.3) is 11.5 Å². The molecule has 0 radical (unpaired) electrons. The van der Waals surface area contributed by atoms with Gasteiger partial charge >= 0.3 is 5.69 Å². The van der Waals surface area contributed by atoms with Crippen LogP contribution in [0.1, 0.15) is 15.2 Å².